The van der Waals surface area contributed by atoms with E-state index in [4.69, 9.17) is 14.2 Å². The van der Waals surface area contributed by atoms with Crippen LogP contribution in [0.5, 0.6) is 17.2 Å². The van der Waals surface area contributed by atoms with E-state index in [0.29, 0.717) is 28.5 Å². The van der Waals surface area contributed by atoms with Gasteiger partial charge in [0, 0.05) is 30.6 Å². The van der Waals surface area contributed by atoms with E-state index in [1.165, 1.54) is 21.3 Å². The molecular formula is C20H28N4O4. The van der Waals surface area contributed by atoms with Gasteiger partial charge in [-0.25, -0.2) is 4.98 Å². The van der Waals surface area contributed by atoms with Gasteiger partial charge in [-0.1, -0.05) is 0 Å². The summed E-state index contributed by atoms with van der Waals surface area (Å²) in [5.74, 6) is 1.86. The number of methoxy groups -OCH3 is 3. The first-order chi connectivity index (χ1) is 13.5. The molecule has 28 heavy (non-hydrogen) atoms. The minimum atomic E-state index is -0.277. The van der Waals surface area contributed by atoms with Crippen LogP contribution in [-0.2, 0) is 0 Å². The van der Waals surface area contributed by atoms with E-state index in [-0.39, 0.29) is 5.91 Å². The van der Waals surface area contributed by atoms with Gasteiger partial charge < -0.3 is 29.7 Å². The Kier molecular flexibility index (Phi) is 7.88. The van der Waals surface area contributed by atoms with Crippen molar-refractivity contribution in [1.82, 2.24) is 9.88 Å². The zero-order valence-corrected chi connectivity index (χ0v) is 17.0. The van der Waals surface area contributed by atoms with E-state index in [9.17, 15) is 4.79 Å². The average molecular weight is 388 g/mol. The number of nitrogens with zero attached hydrogens (tertiary/aromatic N) is 2. The molecular weight excluding hydrogens is 360 g/mol. The fourth-order valence-electron chi connectivity index (χ4n) is 2.60. The van der Waals surface area contributed by atoms with Crippen LogP contribution in [0.25, 0.3) is 0 Å². The Bertz CT molecular complexity index is 753. The molecule has 1 aromatic heterocycles. The van der Waals surface area contributed by atoms with Gasteiger partial charge in [-0.15, -0.1) is 0 Å². The van der Waals surface area contributed by atoms with Crippen molar-refractivity contribution in [2.45, 2.75) is 6.42 Å². The number of nitrogens with one attached hydrogen (secondary N) is 2. The van der Waals surface area contributed by atoms with Crippen molar-refractivity contribution in [3.63, 3.8) is 0 Å². The number of pyridine rings is 1. The van der Waals surface area contributed by atoms with Crippen molar-refractivity contribution in [2.75, 3.05) is 59.1 Å². The molecule has 0 unspecified atom stereocenters. The summed E-state index contributed by atoms with van der Waals surface area (Å²) < 4.78 is 15.9. The molecule has 1 heterocycles. The van der Waals surface area contributed by atoms with Gasteiger partial charge in [0.2, 0.25) is 5.75 Å². The topological polar surface area (TPSA) is 85.0 Å². The first-order valence-corrected chi connectivity index (χ1v) is 8.94. The predicted octanol–water partition coefficient (Wildman–Crippen LogP) is 2.72. The average Bonchev–Trinajstić information content (AvgIpc) is 2.70. The second kappa shape index (κ2) is 10.4. The quantitative estimate of drug-likeness (QED) is 0.605. The van der Waals surface area contributed by atoms with Gasteiger partial charge in [-0.3, -0.25) is 4.79 Å². The Morgan fingerprint density at radius 1 is 1.07 bits per heavy atom. The van der Waals surface area contributed by atoms with Crippen LogP contribution < -0.4 is 24.8 Å². The van der Waals surface area contributed by atoms with E-state index >= 15 is 0 Å². The van der Waals surface area contributed by atoms with E-state index < -0.39 is 0 Å². The van der Waals surface area contributed by atoms with Gasteiger partial charge in [0.15, 0.2) is 11.5 Å². The highest BCUT2D eigenvalue weighted by Gasteiger charge is 2.15. The summed E-state index contributed by atoms with van der Waals surface area (Å²) in [7, 11) is 8.66. The van der Waals surface area contributed by atoms with Crippen molar-refractivity contribution in [3.8, 4) is 17.2 Å². The second-order valence-electron chi connectivity index (χ2n) is 6.38. The molecule has 2 N–H and O–H groups in total. The van der Waals surface area contributed by atoms with Crippen LogP contribution >= 0.6 is 0 Å². The van der Waals surface area contributed by atoms with E-state index in [0.717, 1.165) is 25.3 Å². The largest absolute Gasteiger partial charge is 0.493 e. The number of hydrogen-bond acceptors (Lipinski definition) is 7. The van der Waals surface area contributed by atoms with Crippen molar-refractivity contribution in [2.24, 2.45) is 0 Å². The molecule has 0 spiro atoms. The van der Waals surface area contributed by atoms with Crippen LogP contribution in [0.1, 0.15) is 16.8 Å². The van der Waals surface area contributed by atoms with Crippen LogP contribution in [0.4, 0.5) is 11.5 Å². The summed E-state index contributed by atoms with van der Waals surface area (Å²) in [5, 5.41) is 6.06. The zero-order valence-electron chi connectivity index (χ0n) is 17.0. The van der Waals surface area contributed by atoms with Crippen LogP contribution in [0.2, 0.25) is 0 Å². The highest BCUT2D eigenvalue weighted by molar-refractivity contribution is 6.04. The Balaban J connectivity index is 2.02. The SMILES string of the molecule is COc1cc(NC(=O)c2ccc(NCCCN(C)C)nc2)cc(OC)c1OC. The third-order valence-electron chi connectivity index (χ3n) is 4.04. The van der Waals surface area contributed by atoms with Crippen molar-refractivity contribution < 1.29 is 19.0 Å². The number of ether oxygens (including phenoxy) is 3. The molecule has 0 atom stereocenters. The maximum absolute atomic E-state index is 12.5. The minimum absolute atomic E-state index is 0.277. The van der Waals surface area contributed by atoms with Crippen molar-refractivity contribution in [3.05, 3.63) is 36.0 Å². The Hall–Kier alpha value is -3.00. The number of aromatic nitrogens is 1. The number of carbonyl (C=O) groups excluding carboxylic acids is 1. The number of benzene rings is 1. The predicted molar refractivity (Wildman–Crippen MR) is 110 cm³/mol. The summed E-state index contributed by atoms with van der Waals surface area (Å²) in [5.41, 5.74) is 0.984. The van der Waals surface area contributed by atoms with Gasteiger partial charge in [0.1, 0.15) is 5.82 Å². The highest BCUT2D eigenvalue weighted by atomic mass is 16.5. The summed E-state index contributed by atoms with van der Waals surface area (Å²) >= 11 is 0. The molecule has 0 fully saturated rings. The normalized spacial score (nSPS) is 10.5. The Morgan fingerprint density at radius 3 is 2.25 bits per heavy atom. The molecule has 0 saturated carbocycles. The van der Waals surface area contributed by atoms with Gasteiger partial charge in [-0.05, 0) is 39.2 Å². The molecule has 1 amide bonds. The Morgan fingerprint density at radius 2 is 1.75 bits per heavy atom. The third kappa shape index (κ3) is 5.75. The number of hydrogen-bond donors (Lipinski definition) is 2. The lowest BCUT2D eigenvalue weighted by molar-refractivity contribution is 0.102. The van der Waals surface area contributed by atoms with Gasteiger partial charge in [-0.2, -0.15) is 0 Å². The van der Waals surface area contributed by atoms with E-state index in [1.807, 2.05) is 14.1 Å². The number of rotatable bonds is 10. The fraction of sp³-hybridized carbons (Fsp3) is 0.400. The lowest BCUT2D eigenvalue weighted by atomic mass is 10.2. The zero-order chi connectivity index (χ0) is 20.5. The molecule has 0 radical (unpaired) electrons. The van der Waals surface area contributed by atoms with Crippen LogP contribution in [0, 0.1) is 0 Å². The summed E-state index contributed by atoms with van der Waals surface area (Å²) in [6, 6.07) is 6.87. The second-order valence-corrected chi connectivity index (χ2v) is 6.38. The lowest BCUT2D eigenvalue weighted by Crippen LogP contribution is -2.17. The number of anilines is 2. The first-order valence-electron chi connectivity index (χ1n) is 8.94. The molecule has 1 aromatic carbocycles. The molecule has 0 aliphatic rings. The van der Waals surface area contributed by atoms with E-state index in [2.05, 4.69) is 20.5 Å². The Labute approximate surface area is 165 Å². The monoisotopic (exact) mass is 388 g/mol. The van der Waals surface area contributed by atoms with Gasteiger partial charge in [0.05, 0.1) is 26.9 Å². The molecule has 8 heteroatoms. The molecule has 0 saturated heterocycles. The standard InChI is InChI=1S/C20H28N4O4/c1-24(2)10-6-9-21-18-8-7-14(13-22-18)20(25)23-15-11-16(26-3)19(28-5)17(12-15)27-4/h7-8,11-13H,6,9-10H2,1-5H3,(H,21,22)(H,23,25). The van der Waals surface area contributed by atoms with Crippen LogP contribution in [0.15, 0.2) is 30.5 Å². The summed E-state index contributed by atoms with van der Waals surface area (Å²) in [6.45, 7) is 1.82. The molecule has 0 aliphatic heterocycles. The van der Waals surface area contributed by atoms with Crippen LogP contribution in [-0.4, -0.2) is 64.3 Å². The smallest absolute Gasteiger partial charge is 0.257 e. The molecule has 0 bridgehead atoms. The minimum Gasteiger partial charge on any atom is -0.493 e. The first kappa shape index (κ1) is 21.3. The summed E-state index contributed by atoms with van der Waals surface area (Å²) in [4.78, 5) is 19.0. The lowest BCUT2D eigenvalue weighted by Gasteiger charge is -2.14. The van der Waals surface area contributed by atoms with Gasteiger partial charge in [0.25, 0.3) is 5.91 Å². The molecule has 2 rings (SSSR count). The number of amides is 1. The molecule has 8 nitrogen and oxygen atoms in total. The molecule has 152 valence electrons. The number of carbonyl (C=O) groups is 1. The maximum Gasteiger partial charge on any atom is 0.257 e. The fourth-order valence-corrected chi connectivity index (χ4v) is 2.60. The van der Waals surface area contributed by atoms with Crippen molar-refractivity contribution >= 4 is 17.4 Å². The van der Waals surface area contributed by atoms with E-state index in [1.54, 1.807) is 30.5 Å². The van der Waals surface area contributed by atoms with Crippen LogP contribution in [0.3, 0.4) is 0 Å². The van der Waals surface area contributed by atoms with Gasteiger partial charge >= 0.3 is 0 Å². The molecule has 0 aliphatic carbocycles. The summed E-state index contributed by atoms with van der Waals surface area (Å²) in [6.07, 6.45) is 2.56. The maximum atomic E-state index is 12.5. The molecule has 2 aromatic rings. The third-order valence-corrected chi connectivity index (χ3v) is 4.04. The highest BCUT2D eigenvalue weighted by Crippen LogP contribution is 2.40. The van der Waals surface area contributed by atoms with Crippen molar-refractivity contribution in [1.29, 1.82) is 0 Å².